The van der Waals surface area contributed by atoms with Crippen LogP contribution >= 0.6 is 0 Å². The Bertz CT molecular complexity index is 483. The summed E-state index contributed by atoms with van der Waals surface area (Å²) in [6, 6.07) is 1.87. The molecule has 6 nitrogen and oxygen atoms in total. The van der Waals surface area contributed by atoms with Crippen molar-refractivity contribution in [3.05, 3.63) is 11.8 Å². The van der Waals surface area contributed by atoms with Gasteiger partial charge in [-0.2, -0.15) is 10.4 Å². The molecule has 0 amide bonds. The first-order chi connectivity index (χ1) is 7.00. The van der Waals surface area contributed by atoms with Crippen molar-refractivity contribution in [2.75, 3.05) is 10.5 Å². The highest BCUT2D eigenvalue weighted by Gasteiger charge is 2.15. The molecule has 82 valence electrons. The first kappa shape index (κ1) is 11.5. The summed E-state index contributed by atoms with van der Waals surface area (Å²) in [5.41, 5.74) is 0.220. The van der Waals surface area contributed by atoms with E-state index in [9.17, 15) is 8.42 Å². The molecule has 1 aromatic rings. The van der Waals surface area contributed by atoms with Crippen LogP contribution in [0.4, 0.5) is 5.82 Å². The minimum atomic E-state index is -3.37. The number of rotatable bonds is 4. The minimum absolute atomic E-state index is 0.0308. The van der Waals surface area contributed by atoms with E-state index in [1.165, 1.54) is 10.9 Å². The van der Waals surface area contributed by atoms with Gasteiger partial charge in [-0.3, -0.25) is 9.40 Å². The maximum Gasteiger partial charge on any atom is 0.233 e. The molecule has 0 saturated heterocycles. The second-order valence-corrected chi connectivity index (χ2v) is 4.91. The van der Waals surface area contributed by atoms with Gasteiger partial charge in [-0.05, 0) is 6.42 Å². The fraction of sp³-hybridized carbons (Fsp3) is 0.500. The van der Waals surface area contributed by atoms with Crippen molar-refractivity contribution in [1.82, 2.24) is 9.78 Å². The molecule has 1 aromatic heterocycles. The number of sulfonamides is 1. The second-order valence-electron chi connectivity index (χ2n) is 3.06. The van der Waals surface area contributed by atoms with Gasteiger partial charge in [0, 0.05) is 7.05 Å². The quantitative estimate of drug-likeness (QED) is 0.810. The third kappa shape index (κ3) is 2.70. The SMILES string of the molecule is CCCS(=O)(=O)Nc1c(C#N)cnn1C. The van der Waals surface area contributed by atoms with Crippen molar-refractivity contribution in [3.63, 3.8) is 0 Å². The van der Waals surface area contributed by atoms with Gasteiger partial charge in [-0.1, -0.05) is 6.92 Å². The van der Waals surface area contributed by atoms with E-state index >= 15 is 0 Å². The summed E-state index contributed by atoms with van der Waals surface area (Å²) < 4.78 is 26.6. The smallest absolute Gasteiger partial charge is 0.233 e. The molecule has 0 saturated carbocycles. The number of anilines is 1. The van der Waals surface area contributed by atoms with Crippen LogP contribution in [0.1, 0.15) is 18.9 Å². The van der Waals surface area contributed by atoms with Crippen molar-refractivity contribution in [2.45, 2.75) is 13.3 Å². The van der Waals surface area contributed by atoms with E-state index in [1.807, 2.05) is 6.07 Å². The molecule has 0 bridgehead atoms. The Kier molecular flexibility index (Phi) is 3.31. The molecule has 0 aliphatic carbocycles. The molecule has 0 radical (unpaired) electrons. The van der Waals surface area contributed by atoms with Gasteiger partial charge in [-0.15, -0.1) is 0 Å². The van der Waals surface area contributed by atoms with E-state index in [-0.39, 0.29) is 17.1 Å². The van der Waals surface area contributed by atoms with Crippen LogP contribution in [0.5, 0.6) is 0 Å². The van der Waals surface area contributed by atoms with Crippen LogP contribution in [-0.4, -0.2) is 24.0 Å². The molecular formula is C8H12N4O2S. The molecule has 0 aliphatic heterocycles. The van der Waals surface area contributed by atoms with E-state index in [2.05, 4.69) is 9.82 Å². The van der Waals surface area contributed by atoms with Gasteiger partial charge in [0.2, 0.25) is 10.0 Å². The predicted octanol–water partition coefficient (Wildman–Crippen LogP) is 0.443. The largest absolute Gasteiger partial charge is 0.266 e. The Balaban J connectivity index is 3.00. The zero-order chi connectivity index (χ0) is 11.5. The van der Waals surface area contributed by atoms with Gasteiger partial charge in [0.25, 0.3) is 0 Å². The van der Waals surface area contributed by atoms with Gasteiger partial charge in [0.05, 0.1) is 11.9 Å². The summed E-state index contributed by atoms with van der Waals surface area (Å²) in [5.74, 6) is 0.245. The normalized spacial score (nSPS) is 11.0. The molecule has 0 spiro atoms. The zero-order valence-corrected chi connectivity index (χ0v) is 9.37. The van der Waals surface area contributed by atoms with Crippen LogP contribution < -0.4 is 4.72 Å². The third-order valence-corrected chi connectivity index (χ3v) is 3.23. The monoisotopic (exact) mass is 228 g/mol. The maximum atomic E-state index is 11.5. The molecule has 1 heterocycles. The summed E-state index contributed by atoms with van der Waals surface area (Å²) in [4.78, 5) is 0. The Morgan fingerprint density at radius 2 is 2.33 bits per heavy atom. The molecule has 0 aliphatic rings. The van der Waals surface area contributed by atoms with Gasteiger partial charge in [0.15, 0.2) is 5.82 Å². The number of aromatic nitrogens is 2. The average molecular weight is 228 g/mol. The van der Waals surface area contributed by atoms with Crippen LogP contribution in [0.25, 0.3) is 0 Å². The highest BCUT2D eigenvalue weighted by atomic mass is 32.2. The van der Waals surface area contributed by atoms with Gasteiger partial charge in [-0.25, -0.2) is 8.42 Å². The van der Waals surface area contributed by atoms with Gasteiger partial charge >= 0.3 is 0 Å². The van der Waals surface area contributed by atoms with Gasteiger partial charge < -0.3 is 0 Å². The van der Waals surface area contributed by atoms with E-state index in [0.29, 0.717) is 6.42 Å². The van der Waals surface area contributed by atoms with Crippen molar-refractivity contribution >= 4 is 15.8 Å². The Morgan fingerprint density at radius 3 is 2.87 bits per heavy atom. The van der Waals surface area contributed by atoms with Crippen LogP contribution in [-0.2, 0) is 17.1 Å². The molecule has 1 rings (SSSR count). The highest BCUT2D eigenvalue weighted by Crippen LogP contribution is 2.14. The van der Waals surface area contributed by atoms with Crippen molar-refractivity contribution in [2.24, 2.45) is 7.05 Å². The summed E-state index contributed by atoms with van der Waals surface area (Å²) in [6.45, 7) is 1.77. The molecule has 15 heavy (non-hydrogen) atoms. The van der Waals surface area contributed by atoms with Crippen molar-refractivity contribution < 1.29 is 8.42 Å². The van der Waals surface area contributed by atoms with Crippen LogP contribution in [0, 0.1) is 11.3 Å². The highest BCUT2D eigenvalue weighted by molar-refractivity contribution is 7.92. The summed E-state index contributed by atoms with van der Waals surface area (Å²) in [7, 11) is -1.80. The van der Waals surface area contributed by atoms with E-state index in [0.717, 1.165) is 0 Å². The number of hydrogen-bond acceptors (Lipinski definition) is 4. The number of nitriles is 1. The van der Waals surface area contributed by atoms with Crippen LogP contribution in [0.15, 0.2) is 6.20 Å². The van der Waals surface area contributed by atoms with Crippen LogP contribution in [0.2, 0.25) is 0 Å². The average Bonchev–Trinajstić information content (AvgIpc) is 2.47. The molecular weight excluding hydrogens is 216 g/mol. The molecule has 0 fully saturated rings. The predicted molar refractivity (Wildman–Crippen MR) is 55.6 cm³/mol. The van der Waals surface area contributed by atoms with Crippen molar-refractivity contribution in [1.29, 1.82) is 5.26 Å². The van der Waals surface area contributed by atoms with E-state index in [4.69, 9.17) is 5.26 Å². The van der Waals surface area contributed by atoms with Crippen molar-refractivity contribution in [3.8, 4) is 6.07 Å². The molecule has 1 N–H and O–H groups in total. The number of nitrogens with zero attached hydrogens (tertiary/aromatic N) is 3. The minimum Gasteiger partial charge on any atom is -0.266 e. The standard InChI is InChI=1S/C8H12N4O2S/c1-3-4-15(13,14)11-8-7(5-9)6-10-12(8)2/h6,11H,3-4H2,1-2H3. The molecule has 0 aromatic carbocycles. The lowest BCUT2D eigenvalue weighted by Crippen LogP contribution is -2.18. The van der Waals surface area contributed by atoms with Gasteiger partial charge in [0.1, 0.15) is 11.6 Å². The fourth-order valence-electron chi connectivity index (χ4n) is 1.11. The van der Waals surface area contributed by atoms with Crippen LogP contribution in [0.3, 0.4) is 0 Å². The summed E-state index contributed by atoms with van der Waals surface area (Å²) in [5, 5.41) is 12.5. The molecule has 0 unspecified atom stereocenters. The number of nitrogens with one attached hydrogen (secondary N) is 1. The lowest BCUT2D eigenvalue weighted by Gasteiger charge is -2.06. The Hall–Kier alpha value is -1.55. The maximum absolute atomic E-state index is 11.5. The third-order valence-electron chi connectivity index (χ3n) is 1.78. The fourth-order valence-corrected chi connectivity index (χ4v) is 2.28. The lowest BCUT2D eigenvalue weighted by atomic mass is 10.4. The zero-order valence-electron chi connectivity index (χ0n) is 8.56. The summed E-state index contributed by atoms with van der Waals surface area (Å²) in [6.07, 6.45) is 1.85. The topological polar surface area (TPSA) is 87.8 Å². The lowest BCUT2D eigenvalue weighted by molar-refractivity contribution is 0.599. The number of hydrogen-bond donors (Lipinski definition) is 1. The Morgan fingerprint density at radius 1 is 1.67 bits per heavy atom. The summed E-state index contributed by atoms with van der Waals surface area (Å²) >= 11 is 0. The first-order valence-corrected chi connectivity index (χ1v) is 6.08. The molecule has 7 heteroatoms. The van der Waals surface area contributed by atoms with E-state index in [1.54, 1.807) is 14.0 Å². The first-order valence-electron chi connectivity index (χ1n) is 4.42. The molecule has 0 atom stereocenters. The Labute approximate surface area is 88.6 Å². The second kappa shape index (κ2) is 4.31. The van der Waals surface area contributed by atoms with E-state index < -0.39 is 10.0 Å². The number of aryl methyl sites for hydroxylation is 1.